The number of aromatic nitrogens is 1. The first-order valence-electron chi connectivity index (χ1n) is 4.61. The lowest BCUT2D eigenvalue weighted by molar-refractivity contribution is 0.102. The predicted octanol–water partition coefficient (Wildman–Crippen LogP) is 2.56. The molecule has 0 aliphatic heterocycles. The second kappa shape index (κ2) is 4.80. The van der Waals surface area contributed by atoms with Crippen molar-refractivity contribution in [3.05, 3.63) is 46.5 Å². The van der Waals surface area contributed by atoms with Crippen LogP contribution in [0.1, 0.15) is 15.9 Å². The molecule has 0 radical (unpaired) electrons. The first-order valence-corrected chi connectivity index (χ1v) is 5.40. The van der Waals surface area contributed by atoms with Crippen LogP contribution in [-0.2, 0) is 0 Å². The maximum absolute atomic E-state index is 11.7. The number of amides is 1. The van der Waals surface area contributed by atoms with Gasteiger partial charge in [-0.05, 0) is 34.1 Å². The SMILES string of the molecule is N#Cc1ccc(NC(=O)c2ccoc2Br)nc1. The lowest BCUT2D eigenvalue weighted by atomic mass is 10.3. The number of hydrogen-bond acceptors (Lipinski definition) is 4. The van der Waals surface area contributed by atoms with Crippen molar-refractivity contribution in [2.75, 3.05) is 5.32 Å². The van der Waals surface area contributed by atoms with Gasteiger partial charge in [0, 0.05) is 6.20 Å². The van der Waals surface area contributed by atoms with Crippen molar-refractivity contribution >= 4 is 27.7 Å². The summed E-state index contributed by atoms with van der Waals surface area (Å²) in [5, 5.41) is 11.2. The van der Waals surface area contributed by atoms with Gasteiger partial charge in [0.05, 0.1) is 17.4 Å². The topological polar surface area (TPSA) is 78.9 Å². The Balaban J connectivity index is 2.14. The molecule has 84 valence electrons. The molecule has 0 aliphatic rings. The van der Waals surface area contributed by atoms with Crippen molar-refractivity contribution in [3.63, 3.8) is 0 Å². The molecule has 2 rings (SSSR count). The van der Waals surface area contributed by atoms with Crippen LogP contribution in [0.3, 0.4) is 0 Å². The first-order chi connectivity index (χ1) is 8.20. The van der Waals surface area contributed by atoms with Crippen molar-refractivity contribution in [3.8, 4) is 6.07 Å². The van der Waals surface area contributed by atoms with Crippen LogP contribution >= 0.6 is 15.9 Å². The van der Waals surface area contributed by atoms with Gasteiger partial charge in [-0.2, -0.15) is 5.26 Å². The number of nitriles is 1. The highest BCUT2D eigenvalue weighted by Gasteiger charge is 2.12. The number of nitrogens with one attached hydrogen (secondary N) is 1. The smallest absolute Gasteiger partial charge is 0.261 e. The van der Waals surface area contributed by atoms with Crippen LogP contribution in [0.15, 0.2) is 39.7 Å². The van der Waals surface area contributed by atoms with Crippen LogP contribution in [0, 0.1) is 11.3 Å². The largest absolute Gasteiger partial charge is 0.457 e. The van der Waals surface area contributed by atoms with E-state index in [-0.39, 0.29) is 5.91 Å². The molecule has 2 aromatic heterocycles. The van der Waals surface area contributed by atoms with Crippen LogP contribution in [0.5, 0.6) is 0 Å². The summed E-state index contributed by atoms with van der Waals surface area (Å²) in [7, 11) is 0. The van der Waals surface area contributed by atoms with E-state index in [0.717, 1.165) is 0 Å². The second-order valence-corrected chi connectivity index (χ2v) is 3.83. The summed E-state index contributed by atoms with van der Waals surface area (Å²) in [5.74, 6) is 0.0462. The van der Waals surface area contributed by atoms with Crippen LogP contribution in [0.25, 0.3) is 0 Å². The average molecular weight is 292 g/mol. The van der Waals surface area contributed by atoms with Crippen LogP contribution in [0.2, 0.25) is 0 Å². The molecule has 0 saturated heterocycles. The molecule has 0 bridgehead atoms. The predicted molar refractivity (Wildman–Crippen MR) is 63.3 cm³/mol. The van der Waals surface area contributed by atoms with Crippen LogP contribution in [0.4, 0.5) is 5.82 Å². The molecule has 6 heteroatoms. The highest BCUT2D eigenvalue weighted by molar-refractivity contribution is 9.10. The van der Waals surface area contributed by atoms with E-state index in [4.69, 9.17) is 9.68 Å². The van der Waals surface area contributed by atoms with E-state index < -0.39 is 0 Å². The normalized spacial score (nSPS) is 9.65. The number of halogens is 1. The van der Waals surface area contributed by atoms with E-state index in [1.807, 2.05) is 6.07 Å². The van der Waals surface area contributed by atoms with Crippen molar-refractivity contribution in [1.29, 1.82) is 5.26 Å². The zero-order valence-electron chi connectivity index (χ0n) is 8.48. The number of pyridine rings is 1. The molecule has 0 atom stereocenters. The Morgan fingerprint density at radius 1 is 1.47 bits per heavy atom. The third kappa shape index (κ3) is 2.52. The minimum atomic E-state index is -0.331. The molecular formula is C11H6BrN3O2. The summed E-state index contributed by atoms with van der Waals surface area (Å²) >= 11 is 3.11. The number of carbonyl (C=O) groups excluding carboxylic acids is 1. The molecule has 2 heterocycles. The van der Waals surface area contributed by atoms with E-state index in [9.17, 15) is 4.79 Å². The lowest BCUT2D eigenvalue weighted by Crippen LogP contribution is -2.12. The minimum Gasteiger partial charge on any atom is -0.457 e. The summed E-state index contributed by atoms with van der Waals surface area (Å²) in [6.45, 7) is 0. The summed E-state index contributed by atoms with van der Waals surface area (Å²) < 4.78 is 5.32. The monoisotopic (exact) mass is 291 g/mol. The maximum atomic E-state index is 11.7. The van der Waals surface area contributed by atoms with Crippen molar-refractivity contribution < 1.29 is 9.21 Å². The fourth-order valence-electron chi connectivity index (χ4n) is 1.17. The van der Waals surface area contributed by atoms with Gasteiger partial charge in [0.1, 0.15) is 11.9 Å². The Kier molecular flexibility index (Phi) is 3.21. The van der Waals surface area contributed by atoms with Gasteiger partial charge in [0.25, 0.3) is 5.91 Å². The number of nitrogens with zero attached hydrogens (tertiary/aromatic N) is 2. The van der Waals surface area contributed by atoms with Crippen molar-refractivity contribution in [2.45, 2.75) is 0 Å². The molecular weight excluding hydrogens is 286 g/mol. The molecule has 1 amide bonds. The first kappa shape index (κ1) is 11.4. The average Bonchev–Trinajstić information content (AvgIpc) is 2.76. The molecule has 2 aromatic rings. The third-order valence-corrected chi connectivity index (χ3v) is 2.61. The number of rotatable bonds is 2. The zero-order chi connectivity index (χ0) is 12.3. The van der Waals surface area contributed by atoms with Crippen LogP contribution in [-0.4, -0.2) is 10.9 Å². The summed E-state index contributed by atoms with van der Waals surface area (Å²) in [5.41, 5.74) is 0.823. The second-order valence-electron chi connectivity index (χ2n) is 3.11. The van der Waals surface area contributed by atoms with Gasteiger partial charge in [-0.3, -0.25) is 4.79 Å². The van der Waals surface area contributed by atoms with E-state index in [1.165, 1.54) is 12.5 Å². The van der Waals surface area contributed by atoms with E-state index in [1.54, 1.807) is 18.2 Å². The van der Waals surface area contributed by atoms with Gasteiger partial charge in [-0.25, -0.2) is 4.98 Å². The quantitative estimate of drug-likeness (QED) is 0.922. The summed E-state index contributed by atoms with van der Waals surface area (Å²) in [4.78, 5) is 15.7. The molecule has 0 aromatic carbocycles. The molecule has 1 N–H and O–H groups in total. The van der Waals surface area contributed by atoms with Gasteiger partial charge in [0.2, 0.25) is 0 Å². The molecule has 0 spiro atoms. The van der Waals surface area contributed by atoms with Gasteiger partial charge in [-0.15, -0.1) is 0 Å². The Morgan fingerprint density at radius 2 is 2.29 bits per heavy atom. The number of hydrogen-bond donors (Lipinski definition) is 1. The number of furan rings is 1. The third-order valence-electron chi connectivity index (χ3n) is 2.00. The van der Waals surface area contributed by atoms with E-state index in [2.05, 4.69) is 26.2 Å². The zero-order valence-corrected chi connectivity index (χ0v) is 10.1. The standard InChI is InChI=1S/C11H6BrN3O2/c12-10-8(3-4-17-10)11(16)15-9-2-1-7(5-13)6-14-9/h1-4,6H,(H,14,15,16). The molecule has 0 fully saturated rings. The Labute approximate surface area is 105 Å². The van der Waals surface area contributed by atoms with E-state index in [0.29, 0.717) is 21.6 Å². The van der Waals surface area contributed by atoms with Gasteiger partial charge >= 0.3 is 0 Å². The number of anilines is 1. The molecule has 0 saturated carbocycles. The fourth-order valence-corrected chi connectivity index (χ4v) is 1.59. The van der Waals surface area contributed by atoms with Crippen LogP contribution < -0.4 is 5.32 Å². The highest BCUT2D eigenvalue weighted by atomic mass is 79.9. The fraction of sp³-hybridized carbons (Fsp3) is 0. The van der Waals surface area contributed by atoms with Gasteiger partial charge < -0.3 is 9.73 Å². The molecule has 5 nitrogen and oxygen atoms in total. The minimum absolute atomic E-state index is 0.331. The number of carbonyl (C=O) groups is 1. The molecule has 17 heavy (non-hydrogen) atoms. The Bertz CT molecular complexity index is 584. The maximum Gasteiger partial charge on any atom is 0.261 e. The van der Waals surface area contributed by atoms with E-state index >= 15 is 0 Å². The Morgan fingerprint density at radius 3 is 2.82 bits per heavy atom. The summed E-state index contributed by atoms with van der Waals surface area (Å²) in [6, 6.07) is 6.63. The Hall–Kier alpha value is -2.13. The summed E-state index contributed by atoms with van der Waals surface area (Å²) in [6.07, 6.45) is 2.80. The molecule has 0 aliphatic carbocycles. The van der Waals surface area contributed by atoms with Crippen molar-refractivity contribution in [2.24, 2.45) is 0 Å². The van der Waals surface area contributed by atoms with Gasteiger partial charge in [0.15, 0.2) is 4.67 Å². The highest BCUT2D eigenvalue weighted by Crippen LogP contribution is 2.18. The lowest BCUT2D eigenvalue weighted by Gasteiger charge is -2.02. The van der Waals surface area contributed by atoms with Gasteiger partial charge in [-0.1, -0.05) is 0 Å². The molecule has 0 unspecified atom stereocenters. The van der Waals surface area contributed by atoms with Crippen molar-refractivity contribution in [1.82, 2.24) is 4.98 Å².